The van der Waals surface area contributed by atoms with Crippen molar-refractivity contribution in [2.75, 3.05) is 13.2 Å². The fraction of sp³-hybridized carbons (Fsp3) is 0.316. The van der Waals surface area contributed by atoms with Crippen LogP contribution in [0.1, 0.15) is 24.2 Å². The van der Waals surface area contributed by atoms with Crippen LogP contribution in [0.15, 0.2) is 42.7 Å². The predicted octanol–water partition coefficient (Wildman–Crippen LogP) is 1.95. The number of carbonyl (C=O) groups excluding carboxylic acids is 2. The Hall–Kier alpha value is -2.71. The normalized spacial score (nSPS) is 12.3. The Morgan fingerprint density at radius 1 is 1.26 bits per heavy atom. The molecule has 2 amide bonds. The van der Waals surface area contributed by atoms with Crippen LogP contribution >= 0.6 is 11.3 Å². The van der Waals surface area contributed by atoms with Crippen molar-refractivity contribution in [3.8, 4) is 5.13 Å². The molecule has 142 valence electrons. The van der Waals surface area contributed by atoms with Crippen LogP contribution in [0.5, 0.6) is 0 Å². The van der Waals surface area contributed by atoms with Gasteiger partial charge in [-0.25, -0.2) is 4.98 Å². The molecule has 0 saturated heterocycles. The second-order valence-corrected chi connectivity index (χ2v) is 7.49. The molecule has 3 aromatic rings. The molecule has 27 heavy (non-hydrogen) atoms. The van der Waals surface area contributed by atoms with Gasteiger partial charge in [0.1, 0.15) is 6.04 Å². The SMILES string of the molecule is CC(C)[C@H](NC(=O)c1ccc2nc(-n3cccc3)sc2c1)C(=O)NCCO. The van der Waals surface area contributed by atoms with Gasteiger partial charge in [-0.05, 0) is 36.2 Å². The lowest BCUT2D eigenvalue weighted by Gasteiger charge is -2.21. The predicted molar refractivity (Wildman–Crippen MR) is 105 cm³/mol. The van der Waals surface area contributed by atoms with Crippen molar-refractivity contribution in [1.29, 1.82) is 0 Å². The summed E-state index contributed by atoms with van der Waals surface area (Å²) in [6.07, 6.45) is 3.84. The van der Waals surface area contributed by atoms with Crippen molar-refractivity contribution < 1.29 is 14.7 Å². The van der Waals surface area contributed by atoms with Crippen molar-refractivity contribution in [3.05, 3.63) is 48.3 Å². The highest BCUT2D eigenvalue weighted by Crippen LogP contribution is 2.26. The molecule has 0 spiro atoms. The van der Waals surface area contributed by atoms with Crippen molar-refractivity contribution in [2.24, 2.45) is 5.92 Å². The summed E-state index contributed by atoms with van der Waals surface area (Å²) in [7, 11) is 0. The summed E-state index contributed by atoms with van der Waals surface area (Å²) in [5.74, 6) is -0.702. The molecule has 0 aliphatic rings. The maximum Gasteiger partial charge on any atom is 0.251 e. The lowest BCUT2D eigenvalue weighted by molar-refractivity contribution is -0.124. The van der Waals surface area contributed by atoms with E-state index < -0.39 is 6.04 Å². The summed E-state index contributed by atoms with van der Waals surface area (Å²) < 4.78 is 2.82. The van der Waals surface area contributed by atoms with Gasteiger partial charge in [0.15, 0.2) is 5.13 Å². The monoisotopic (exact) mass is 386 g/mol. The lowest BCUT2D eigenvalue weighted by Crippen LogP contribution is -2.50. The zero-order valence-corrected chi connectivity index (χ0v) is 16.0. The van der Waals surface area contributed by atoms with E-state index in [-0.39, 0.29) is 30.9 Å². The van der Waals surface area contributed by atoms with Gasteiger partial charge in [-0.3, -0.25) is 9.59 Å². The number of hydrogen-bond donors (Lipinski definition) is 3. The molecular formula is C19H22N4O3S. The number of carbonyl (C=O) groups is 2. The van der Waals surface area contributed by atoms with Gasteiger partial charge < -0.3 is 20.3 Å². The number of rotatable bonds is 7. The number of aliphatic hydroxyl groups is 1. The molecule has 0 saturated carbocycles. The average molecular weight is 386 g/mol. The van der Waals surface area contributed by atoms with Gasteiger partial charge in [-0.1, -0.05) is 25.2 Å². The van der Waals surface area contributed by atoms with Gasteiger partial charge in [-0.2, -0.15) is 0 Å². The van der Waals surface area contributed by atoms with Gasteiger partial charge in [0.25, 0.3) is 5.91 Å². The fourth-order valence-corrected chi connectivity index (χ4v) is 3.65. The average Bonchev–Trinajstić information content (AvgIpc) is 3.31. The van der Waals surface area contributed by atoms with Crippen LogP contribution in [0.25, 0.3) is 15.3 Å². The van der Waals surface area contributed by atoms with Gasteiger partial charge in [0, 0.05) is 24.5 Å². The number of fused-ring (bicyclic) bond motifs is 1. The molecule has 1 atom stereocenters. The number of aliphatic hydroxyl groups excluding tert-OH is 1. The second-order valence-electron chi connectivity index (χ2n) is 6.48. The van der Waals surface area contributed by atoms with Crippen LogP contribution < -0.4 is 10.6 Å². The van der Waals surface area contributed by atoms with E-state index in [0.29, 0.717) is 5.56 Å². The summed E-state index contributed by atoms with van der Waals surface area (Å²) >= 11 is 1.49. The van der Waals surface area contributed by atoms with Gasteiger partial charge in [0.2, 0.25) is 5.91 Å². The maximum absolute atomic E-state index is 12.7. The Kier molecular flexibility index (Phi) is 5.88. The molecule has 1 aromatic carbocycles. The Balaban J connectivity index is 1.79. The van der Waals surface area contributed by atoms with E-state index in [4.69, 9.17) is 5.11 Å². The number of benzene rings is 1. The van der Waals surface area contributed by atoms with Gasteiger partial charge in [-0.15, -0.1) is 0 Å². The van der Waals surface area contributed by atoms with Crippen molar-refractivity contribution in [2.45, 2.75) is 19.9 Å². The second kappa shape index (κ2) is 8.32. The van der Waals surface area contributed by atoms with E-state index in [0.717, 1.165) is 15.3 Å². The van der Waals surface area contributed by atoms with Crippen LogP contribution in [0.2, 0.25) is 0 Å². The molecule has 3 rings (SSSR count). The highest BCUT2D eigenvalue weighted by molar-refractivity contribution is 7.20. The maximum atomic E-state index is 12.7. The van der Waals surface area contributed by atoms with Crippen LogP contribution in [0.4, 0.5) is 0 Å². The lowest BCUT2D eigenvalue weighted by atomic mass is 10.0. The van der Waals surface area contributed by atoms with Crippen LogP contribution in [0.3, 0.4) is 0 Å². The molecule has 0 aliphatic heterocycles. The number of nitrogens with zero attached hydrogens (tertiary/aromatic N) is 2. The van der Waals surface area contributed by atoms with E-state index in [1.54, 1.807) is 12.1 Å². The third-order valence-electron chi connectivity index (χ3n) is 4.11. The minimum absolute atomic E-state index is 0.0832. The van der Waals surface area contributed by atoms with E-state index in [9.17, 15) is 9.59 Å². The number of aromatic nitrogens is 2. The van der Waals surface area contributed by atoms with E-state index >= 15 is 0 Å². The number of nitrogens with one attached hydrogen (secondary N) is 2. The molecular weight excluding hydrogens is 364 g/mol. The fourth-order valence-electron chi connectivity index (χ4n) is 2.67. The molecule has 0 bridgehead atoms. The molecule has 2 heterocycles. The molecule has 3 N–H and O–H groups in total. The first kappa shape index (κ1) is 19.1. The Morgan fingerprint density at radius 2 is 2.00 bits per heavy atom. The summed E-state index contributed by atoms with van der Waals surface area (Å²) in [5, 5.41) is 15.1. The summed E-state index contributed by atoms with van der Waals surface area (Å²) in [4.78, 5) is 29.4. The third-order valence-corrected chi connectivity index (χ3v) is 5.14. The number of hydrogen-bond acceptors (Lipinski definition) is 5. The highest BCUT2D eigenvalue weighted by Gasteiger charge is 2.24. The number of thiazole rings is 1. The van der Waals surface area contributed by atoms with Crippen molar-refractivity contribution >= 4 is 33.4 Å². The van der Waals surface area contributed by atoms with Gasteiger partial charge >= 0.3 is 0 Å². The zero-order valence-electron chi connectivity index (χ0n) is 15.2. The Labute approximate surface area is 161 Å². The first-order valence-electron chi connectivity index (χ1n) is 8.73. The first-order valence-corrected chi connectivity index (χ1v) is 9.54. The van der Waals surface area contributed by atoms with Crippen LogP contribution in [-0.4, -0.2) is 45.7 Å². The number of amides is 2. The summed E-state index contributed by atoms with van der Waals surface area (Å²) in [5.41, 5.74) is 1.30. The van der Waals surface area contributed by atoms with E-state index in [2.05, 4.69) is 15.6 Å². The molecule has 0 unspecified atom stereocenters. The summed E-state index contributed by atoms with van der Waals surface area (Å²) in [6, 6.07) is 8.50. The molecule has 8 heteroatoms. The third kappa shape index (κ3) is 4.35. The Bertz CT molecular complexity index is 934. The first-order chi connectivity index (χ1) is 13.0. The highest BCUT2D eigenvalue weighted by atomic mass is 32.1. The van der Waals surface area contributed by atoms with E-state index in [1.165, 1.54) is 11.3 Å². The van der Waals surface area contributed by atoms with E-state index in [1.807, 2.05) is 49.0 Å². The zero-order chi connectivity index (χ0) is 19.4. The smallest absolute Gasteiger partial charge is 0.251 e. The van der Waals surface area contributed by atoms with Crippen LogP contribution in [-0.2, 0) is 4.79 Å². The molecule has 0 radical (unpaired) electrons. The molecule has 0 aliphatic carbocycles. The topological polar surface area (TPSA) is 96.2 Å². The standard InChI is InChI=1S/C19H22N4O3S/c1-12(2)16(18(26)20-7-10-24)22-17(25)13-5-6-14-15(11-13)27-19(21-14)23-8-3-4-9-23/h3-6,8-9,11-12,16,24H,7,10H2,1-2H3,(H,20,26)(H,22,25)/t16-/m0/s1. The quantitative estimate of drug-likeness (QED) is 0.578. The Morgan fingerprint density at radius 3 is 2.67 bits per heavy atom. The summed E-state index contributed by atoms with van der Waals surface area (Å²) in [6.45, 7) is 3.74. The molecule has 2 aromatic heterocycles. The van der Waals surface area contributed by atoms with Crippen molar-refractivity contribution in [1.82, 2.24) is 20.2 Å². The van der Waals surface area contributed by atoms with Crippen LogP contribution in [0, 0.1) is 5.92 Å². The van der Waals surface area contributed by atoms with Gasteiger partial charge in [0.05, 0.1) is 16.8 Å². The largest absolute Gasteiger partial charge is 0.395 e. The minimum atomic E-state index is -0.670. The van der Waals surface area contributed by atoms with Crippen molar-refractivity contribution in [3.63, 3.8) is 0 Å². The molecule has 7 nitrogen and oxygen atoms in total. The molecule has 0 fully saturated rings. The minimum Gasteiger partial charge on any atom is -0.395 e.